The summed E-state index contributed by atoms with van der Waals surface area (Å²) in [5.41, 5.74) is 5.07. The molecule has 9 heteroatoms. The van der Waals surface area contributed by atoms with Crippen molar-refractivity contribution in [2.75, 3.05) is 12.4 Å². The fraction of sp³-hybridized carbons (Fsp3) is 0.467. The van der Waals surface area contributed by atoms with Crippen molar-refractivity contribution in [3.05, 3.63) is 71.2 Å². The van der Waals surface area contributed by atoms with Gasteiger partial charge in [0.2, 0.25) is 0 Å². The van der Waals surface area contributed by atoms with Gasteiger partial charge in [-0.15, -0.1) is 5.10 Å². The van der Waals surface area contributed by atoms with Gasteiger partial charge in [-0.2, -0.15) is 0 Å². The van der Waals surface area contributed by atoms with Crippen molar-refractivity contribution in [2.24, 2.45) is 13.0 Å². The highest BCUT2D eigenvalue weighted by Gasteiger charge is 2.26. The monoisotopic (exact) mass is 531 g/mol. The Morgan fingerprint density at radius 1 is 1.15 bits per heavy atom. The quantitative estimate of drug-likeness (QED) is 0.434. The minimum atomic E-state index is -0.194. The number of amides is 2. The molecule has 2 unspecified atom stereocenters. The molecule has 0 bridgehead atoms. The molecule has 1 aromatic heterocycles. The van der Waals surface area contributed by atoms with Gasteiger partial charge in [0, 0.05) is 37.4 Å². The van der Waals surface area contributed by atoms with Crippen LogP contribution in [-0.2, 0) is 26.3 Å². The lowest BCUT2D eigenvalue weighted by Crippen LogP contribution is -2.43. The Labute approximate surface area is 229 Å². The van der Waals surface area contributed by atoms with Gasteiger partial charge in [0.1, 0.15) is 5.82 Å². The molecule has 0 saturated heterocycles. The zero-order chi connectivity index (χ0) is 27.4. The van der Waals surface area contributed by atoms with Crippen molar-refractivity contribution in [3.63, 3.8) is 0 Å². The highest BCUT2D eigenvalue weighted by atomic mass is 19.1. The number of carbonyl (C=O) groups is 1. The summed E-state index contributed by atoms with van der Waals surface area (Å²) in [6.45, 7) is 2.08. The molecule has 8 nitrogen and oxygen atoms in total. The van der Waals surface area contributed by atoms with Crippen LogP contribution in [0.25, 0.3) is 11.4 Å². The number of hydrogen-bond donors (Lipinski definition) is 2. The van der Waals surface area contributed by atoms with E-state index < -0.39 is 0 Å². The first-order chi connectivity index (χ1) is 18.9. The van der Waals surface area contributed by atoms with Crippen LogP contribution in [0.4, 0.5) is 14.9 Å². The summed E-state index contributed by atoms with van der Waals surface area (Å²) >= 11 is 0. The SMILES string of the molecule is CCc1cc(NC(=O)N[C@@H]2CCCCC2/C=C/N(C)C2CCc3cc(F)ccc3C2)cc(-c2nnnn2C)c1. The summed E-state index contributed by atoms with van der Waals surface area (Å²) in [6, 6.07) is 11.4. The van der Waals surface area contributed by atoms with Crippen molar-refractivity contribution in [1.29, 1.82) is 0 Å². The maximum absolute atomic E-state index is 13.6. The van der Waals surface area contributed by atoms with Gasteiger partial charge in [0.15, 0.2) is 5.82 Å². The van der Waals surface area contributed by atoms with Crippen LogP contribution >= 0.6 is 0 Å². The lowest BCUT2D eigenvalue weighted by atomic mass is 9.84. The second-order valence-corrected chi connectivity index (χ2v) is 10.9. The molecule has 0 spiro atoms. The smallest absolute Gasteiger partial charge is 0.319 e. The van der Waals surface area contributed by atoms with E-state index in [4.69, 9.17) is 0 Å². The molecular weight excluding hydrogens is 493 g/mol. The first-order valence-electron chi connectivity index (χ1n) is 14.0. The van der Waals surface area contributed by atoms with Crippen LogP contribution in [0.2, 0.25) is 0 Å². The number of likely N-dealkylation sites (N-methyl/N-ethyl adjacent to an activating group) is 1. The first-order valence-corrected chi connectivity index (χ1v) is 14.0. The first kappa shape index (κ1) is 26.8. The fourth-order valence-electron chi connectivity index (χ4n) is 5.90. The van der Waals surface area contributed by atoms with Crippen molar-refractivity contribution >= 4 is 11.7 Å². The van der Waals surface area contributed by atoms with E-state index in [1.54, 1.807) is 23.9 Å². The molecule has 3 aromatic rings. The van der Waals surface area contributed by atoms with Gasteiger partial charge in [-0.3, -0.25) is 0 Å². The lowest BCUT2D eigenvalue weighted by Gasteiger charge is -2.33. The number of aromatic nitrogens is 4. The molecule has 39 heavy (non-hydrogen) atoms. The number of tetrazole rings is 1. The Hall–Kier alpha value is -3.75. The standard InChI is InChI=1S/C30H38FN7O/c1-4-20-15-24(29-34-35-36-38(29)3)18-26(16-20)32-30(39)33-28-8-6-5-7-21(28)13-14-37(2)27-12-10-22-17-25(31)11-9-23(22)19-27/h9,11,13-18,21,27-28H,4-8,10,12,19H2,1-3H3,(H2,32,33,39)/b14-13+/t21?,27?,28-/m1/s1. The minimum absolute atomic E-state index is 0.0789. The summed E-state index contributed by atoms with van der Waals surface area (Å²) in [5, 5.41) is 18.1. The molecular formula is C30H38FN7O. The number of halogens is 1. The molecule has 2 amide bonds. The molecule has 2 aliphatic rings. The molecule has 1 heterocycles. The Morgan fingerprint density at radius 2 is 2.00 bits per heavy atom. The number of rotatable bonds is 7. The molecule has 0 aliphatic heterocycles. The molecule has 206 valence electrons. The molecule has 5 rings (SSSR count). The van der Waals surface area contributed by atoms with Gasteiger partial charge < -0.3 is 15.5 Å². The fourth-order valence-corrected chi connectivity index (χ4v) is 5.90. The average Bonchev–Trinajstić information content (AvgIpc) is 3.37. The number of carbonyl (C=O) groups excluding carboxylic acids is 1. The highest BCUT2D eigenvalue weighted by molar-refractivity contribution is 5.90. The number of nitrogens with zero attached hydrogens (tertiary/aromatic N) is 5. The van der Waals surface area contributed by atoms with Crippen LogP contribution in [0, 0.1) is 11.7 Å². The van der Waals surface area contributed by atoms with Crippen molar-refractivity contribution < 1.29 is 9.18 Å². The number of aryl methyl sites for hydroxylation is 3. The van der Waals surface area contributed by atoms with Gasteiger partial charge in [0.25, 0.3) is 0 Å². The van der Waals surface area contributed by atoms with E-state index in [9.17, 15) is 9.18 Å². The molecule has 1 saturated carbocycles. The van der Waals surface area contributed by atoms with Crippen molar-refractivity contribution in [2.45, 2.75) is 70.4 Å². The third-order valence-corrected chi connectivity index (χ3v) is 8.19. The van der Waals surface area contributed by atoms with Crippen LogP contribution in [0.3, 0.4) is 0 Å². The van der Waals surface area contributed by atoms with E-state index in [1.165, 1.54) is 5.56 Å². The number of benzene rings is 2. The second-order valence-electron chi connectivity index (χ2n) is 10.9. The van der Waals surface area contributed by atoms with Gasteiger partial charge in [-0.1, -0.05) is 31.9 Å². The summed E-state index contributed by atoms with van der Waals surface area (Å²) in [5.74, 6) is 0.782. The van der Waals surface area contributed by atoms with Crippen LogP contribution in [0.1, 0.15) is 55.7 Å². The van der Waals surface area contributed by atoms with Gasteiger partial charge in [-0.05, 0) is 108 Å². The third kappa shape index (κ3) is 6.46. The molecule has 1 fully saturated rings. The Kier molecular flexibility index (Phi) is 8.24. The van der Waals surface area contributed by atoms with E-state index in [1.807, 2.05) is 18.2 Å². The number of urea groups is 1. The second kappa shape index (κ2) is 12.0. The average molecular weight is 532 g/mol. The summed E-state index contributed by atoms with van der Waals surface area (Å²) < 4.78 is 15.2. The lowest BCUT2D eigenvalue weighted by molar-refractivity contribution is 0.236. The minimum Gasteiger partial charge on any atom is -0.377 e. The number of fused-ring (bicyclic) bond motifs is 1. The Balaban J connectivity index is 1.21. The Morgan fingerprint density at radius 3 is 2.79 bits per heavy atom. The molecule has 2 N–H and O–H groups in total. The zero-order valence-electron chi connectivity index (χ0n) is 23.0. The van der Waals surface area contributed by atoms with Crippen LogP contribution < -0.4 is 10.6 Å². The van der Waals surface area contributed by atoms with Gasteiger partial charge in [0.05, 0.1) is 0 Å². The van der Waals surface area contributed by atoms with Crippen molar-refractivity contribution in [1.82, 2.24) is 30.4 Å². The summed E-state index contributed by atoms with van der Waals surface area (Å²) in [4.78, 5) is 15.4. The predicted molar refractivity (Wildman–Crippen MR) is 151 cm³/mol. The topological polar surface area (TPSA) is 88.0 Å². The van der Waals surface area contributed by atoms with Gasteiger partial charge in [-0.25, -0.2) is 13.9 Å². The molecule has 3 atom stereocenters. The maximum atomic E-state index is 13.6. The number of nitrogens with one attached hydrogen (secondary N) is 2. The molecule has 0 radical (unpaired) electrons. The Bertz CT molecular complexity index is 1340. The number of hydrogen-bond acceptors (Lipinski definition) is 5. The van der Waals surface area contributed by atoms with Crippen LogP contribution in [0.15, 0.2) is 48.7 Å². The van der Waals surface area contributed by atoms with E-state index in [-0.39, 0.29) is 23.8 Å². The molecule has 2 aromatic carbocycles. The van der Waals surface area contributed by atoms with E-state index >= 15 is 0 Å². The summed E-state index contributed by atoms with van der Waals surface area (Å²) in [6.07, 6.45) is 12.4. The normalized spacial score (nSPS) is 21.0. The largest absolute Gasteiger partial charge is 0.377 e. The van der Waals surface area contributed by atoms with E-state index in [0.717, 1.165) is 73.7 Å². The van der Waals surface area contributed by atoms with E-state index in [0.29, 0.717) is 11.9 Å². The van der Waals surface area contributed by atoms with Crippen LogP contribution in [0.5, 0.6) is 0 Å². The predicted octanol–water partition coefficient (Wildman–Crippen LogP) is 5.26. The van der Waals surface area contributed by atoms with Crippen LogP contribution in [-0.4, -0.2) is 50.3 Å². The highest BCUT2D eigenvalue weighted by Crippen LogP contribution is 2.28. The maximum Gasteiger partial charge on any atom is 0.319 e. The van der Waals surface area contributed by atoms with Crippen molar-refractivity contribution in [3.8, 4) is 11.4 Å². The summed E-state index contributed by atoms with van der Waals surface area (Å²) in [7, 11) is 3.93. The molecule has 2 aliphatic carbocycles. The van der Waals surface area contributed by atoms with Gasteiger partial charge >= 0.3 is 6.03 Å². The number of anilines is 1. The third-order valence-electron chi connectivity index (χ3n) is 8.19. The van der Waals surface area contributed by atoms with E-state index in [2.05, 4.69) is 63.4 Å². The zero-order valence-corrected chi connectivity index (χ0v) is 23.0.